The first kappa shape index (κ1) is 80.4. The van der Waals surface area contributed by atoms with Crippen molar-refractivity contribution in [3.8, 4) is 107 Å². The summed E-state index contributed by atoms with van der Waals surface area (Å²) < 4.78 is 4.43. The van der Waals surface area contributed by atoms with E-state index in [4.69, 9.17) is 5.11 Å². The summed E-state index contributed by atoms with van der Waals surface area (Å²) in [5.74, 6) is 2.46. The molecule has 9 nitrogen and oxygen atoms in total. The fourth-order valence-electron chi connectivity index (χ4n) is 14.9. The molecule has 0 unspecified atom stereocenters. The Morgan fingerprint density at radius 2 is 0.441 bits per heavy atom. The Kier molecular flexibility index (Phi) is 22.9. The van der Waals surface area contributed by atoms with Crippen molar-refractivity contribution in [2.75, 3.05) is 0 Å². The second-order valence-electron chi connectivity index (χ2n) is 35.0. The summed E-state index contributed by atoms with van der Waals surface area (Å²) in [5.41, 5.74) is 30.6. The van der Waals surface area contributed by atoms with Crippen LogP contribution in [0.2, 0.25) is 0 Å². The van der Waals surface area contributed by atoms with Gasteiger partial charge in [0.1, 0.15) is 40.2 Å². The zero-order chi connectivity index (χ0) is 77.2. The van der Waals surface area contributed by atoms with Crippen LogP contribution in [0.15, 0.2) is 97.1 Å². The van der Waals surface area contributed by atoms with Crippen LogP contribution in [-0.2, 0) is 38.9 Å². The highest BCUT2D eigenvalue weighted by Crippen LogP contribution is 2.52. The number of rotatable bonds is 8. The summed E-state index contributed by atoms with van der Waals surface area (Å²) in [7, 11) is 0. The normalized spacial score (nSPS) is 12.2. The van der Waals surface area contributed by atoms with E-state index in [-0.39, 0.29) is 32.5 Å². The second kappa shape index (κ2) is 29.1. The lowest BCUT2D eigenvalue weighted by molar-refractivity contribution is 0.144. The third-order valence-corrected chi connectivity index (χ3v) is 20.4. The molecule has 0 radical (unpaired) electrons. The minimum Gasteiger partial charge on any atom is -0.507 e. The molecule has 0 aliphatic heterocycles. The van der Waals surface area contributed by atoms with Crippen molar-refractivity contribution in [1.82, 2.24) is 0 Å². The fourth-order valence-corrected chi connectivity index (χ4v) is 14.9. The van der Waals surface area contributed by atoms with Crippen molar-refractivity contribution in [1.29, 1.82) is 0 Å². The van der Waals surface area contributed by atoms with Gasteiger partial charge < -0.3 is 40.5 Å². The average Bonchev–Trinajstić information content (AvgIpc) is 0.738. The van der Waals surface area contributed by atoms with Crippen LogP contribution in [0.1, 0.15) is 237 Å². The van der Waals surface area contributed by atoms with Gasteiger partial charge in [-0.05, 0) is 346 Å². The van der Waals surface area contributed by atoms with Gasteiger partial charge in [0.05, 0.1) is 0 Å². The molecule has 7 N–H and O–H groups in total. The Balaban J connectivity index is 0.000000245. The number of aromatic hydroxyl groups is 6. The van der Waals surface area contributed by atoms with Gasteiger partial charge in [-0.2, -0.15) is 0 Å². The van der Waals surface area contributed by atoms with Gasteiger partial charge in [-0.3, -0.25) is 0 Å². The van der Waals surface area contributed by atoms with E-state index in [1.54, 1.807) is 12.1 Å². The van der Waals surface area contributed by atoms with Gasteiger partial charge in [-0.15, -0.1) is 0 Å². The van der Waals surface area contributed by atoms with Crippen LogP contribution in [0.5, 0.6) is 40.2 Å². The van der Waals surface area contributed by atoms with Crippen LogP contribution >= 0.6 is 0 Å². The molecule has 0 aliphatic rings. The zero-order valence-corrected chi connectivity index (χ0v) is 67.4. The first-order chi connectivity index (χ1) is 46.6. The highest BCUT2D eigenvalue weighted by Gasteiger charge is 2.32. The third-order valence-electron chi connectivity index (χ3n) is 20.4. The summed E-state index contributed by atoms with van der Waals surface area (Å²) in [6.07, 6.45) is -0.341. The molecule has 9 rings (SSSR count). The lowest BCUT2D eigenvalue weighted by Gasteiger charge is -2.28. The van der Waals surface area contributed by atoms with Crippen molar-refractivity contribution in [2.45, 2.75) is 254 Å². The van der Waals surface area contributed by atoms with E-state index in [1.807, 2.05) is 60.6 Å². The number of hydrogen-bond acceptors (Lipinski definition) is 8. The fraction of sp³-hybridized carbons (Fsp3) is 0.409. The number of hydrogen-bond donors (Lipinski definition) is 7. The molecule has 0 aliphatic carbocycles. The molecule has 9 aromatic rings. The SMILES string of the molecule is CCc1ccc(OC(=O)O)cc1.Cc1cc(-c2c(C)c(-c3cc(C)c(O)c(C(C)(C)C)c3)c(C)c(-c3cc(C)c(O)c(C(C)(C)C)c3)c2C)cc(C(C)(C)C)c1O.Cc1cc(-c2c(C)c(-c3cc(C)c(O)c(C(C)(C)C)c3)c(C)c(-c3cc(C)c(O)c(C(C)(C)C)c3)c2C)cc(C(C)(C)C)c1O. The molecule has 0 heterocycles. The Morgan fingerprint density at radius 3 is 0.569 bits per heavy atom. The standard InChI is InChI=1S/2C42H54O3.C9H10O3/c2*1-22-16-28(19-31(37(22)43)40(7,8)9)34-25(4)35(29-17-23(2)38(44)32(20-29)41(10,11)12)27(6)36(26(34)5)30-18-24(3)39(45)33(21-30)42(13,14)15;1-2-7-3-5-8(6-4-7)12-9(10)11/h2*16-21,43-45H,1-15H3;3-6H,2H2,1H3,(H,10,11). The summed E-state index contributed by atoms with van der Waals surface area (Å²) in [6, 6.07) is 32.6. The number of carboxylic acid groups (broad SMARTS) is 1. The van der Waals surface area contributed by atoms with Crippen molar-refractivity contribution >= 4 is 6.16 Å². The summed E-state index contributed by atoms with van der Waals surface area (Å²) in [5, 5.41) is 75.1. The van der Waals surface area contributed by atoms with E-state index in [0.29, 0.717) is 40.2 Å². The first-order valence-corrected chi connectivity index (χ1v) is 36.0. The van der Waals surface area contributed by atoms with Crippen molar-refractivity contribution in [2.24, 2.45) is 0 Å². The van der Waals surface area contributed by atoms with Crippen LogP contribution in [0.3, 0.4) is 0 Å². The summed E-state index contributed by atoms with van der Waals surface area (Å²) in [6.45, 7) is 65.6. The number of benzene rings is 9. The monoisotopic (exact) mass is 1380 g/mol. The number of phenolic OH excluding ortho intramolecular Hbond substituents is 6. The van der Waals surface area contributed by atoms with Crippen molar-refractivity contribution in [3.63, 3.8) is 0 Å². The predicted octanol–water partition coefficient (Wildman–Crippen LogP) is 25.4. The van der Waals surface area contributed by atoms with Crippen LogP contribution in [0.25, 0.3) is 66.8 Å². The molecular weight excluding hydrogens is 1260 g/mol. The molecule has 0 amide bonds. The van der Waals surface area contributed by atoms with Crippen LogP contribution < -0.4 is 4.74 Å². The molecule has 0 fully saturated rings. The topological polar surface area (TPSA) is 168 Å². The van der Waals surface area contributed by atoms with Gasteiger partial charge >= 0.3 is 6.16 Å². The first-order valence-electron chi connectivity index (χ1n) is 36.0. The van der Waals surface area contributed by atoms with Crippen molar-refractivity contribution in [3.05, 3.63) is 203 Å². The quantitative estimate of drug-likeness (QED) is 0.0579. The molecule has 0 saturated heterocycles. The Bertz CT molecular complexity index is 3980. The predicted molar refractivity (Wildman–Crippen MR) is 429 cm³/mol. The van der Waals surface area contributed by atoms with E-state index >= 15 is 0 Å². The van der Waals surface area contributed by atoms with Crippen molar-refractivity contribution < 1.29 is 45.3 Å². The van der Waals surface area contributed by atoms with Gasteiger partial charge in [0.2, 0.25) is 0 Å². The van der Waals surface area contributed by atoms with E-state index < -0.39 is 6.16 Å². The molecule has 0 saturated carbocycles. The minimum absolute atomic E-state index is 0.242. The van der Waals surface area contributed by atoms with E-state index in [9.17, 15) is 35.4 Å². The van der Waals surface area contributed by atoms with Crippen LogP contribution in [0, 0.1) is 83.1 Å². The summed E-state index contributed by atoms with van der Waals surface area (Å²) >= 11 is 0. The van der Waals surface area contributed by atoms with Gasteiger partial charge in [0, 0.05) is 33.4 Å². The smallest absolute Gasteiger partial charge is 0.507 e. The van der Waals surface area contributed by atoms with Gasteiger partial charge in [0.25, 0.3) is 0 Å². The highest BCUT2D eigenvalue weighted by atomic mass is 16.7. The van der Waals surface area contributed by atoms with Gasteiger partial charge in [-0.25, -0.2) is 4.79 Å². The van der Waals surface area contributed by atoms with Gasteiger partial charge in [-0.1, -0.05) is 144 Å². The Morgan fingerprint density at radius 1 is 0.284 bits per heavy atom. The maximum Gasteiger partial charge on any atom is 0.511 e. The molecule has 0 atom stereocenters. The number of carbonyl (C=O) groups is 1. The molecular formula is C93H118O9. The average molecular weight is 1380 g/mol. The molecule has 0 aromatic heterocycles. The van der Waals surface area contributed by atoms with Crippen LogP contribution in [0.4, 0.5) is 4.79 Å². The molecule has 544 valence electrons. The maximum atomic E-state index is 11.1. The molecule has 102 heavy (non-hydrogen) atoms. The second-order valence-corrected chi connectivity index (χ2v) is 35.0. The Labute approximate surface area is 611 Å². The number of aryl methyl sites for hydroxylation is 7. The third kappa shape index (κ3) is 16.6. The van der Waals surface area contributed by atoms with E-state index in [2.05, 4.69) is 244 Å². The molecule has 9 aromatic carbocycles. The number of phenols is 6. The molecule has 0 spiro atoms. The largest absolute Gasteiger partial charge is 0.511 e. The lowest BCUT2D eigenvalue weighted by Crippen LogP contribution is -2.13. The molecule has 0 bridgehead atoms. The van der Waals surface area contributed by atoms with E-state index in [1.165, 1.54) is 0 Å². The van der Waals surface area contributed by atoms with Gasteiger partial charge in [0.15, 0.2) is 0 Å². The Hall–Kier alpha value is -8.95. The van der Waals surface area contributed by atoms with E-state index in [0.717, 1.165) is 179 Å². The zero-order valence-electron chi connectivity index (χ0n) is 67.4. The van der Waals surface area contributed by atoms with Crippen LogP contribution in [-0.4, -0.2) is 41.9 Å². The molecule has 9 heteroatoms. The summed E-state index contributed by atoms with van der Waals surface area (Å²) in [4.78, 5) is 10.1. The minimum atomic E-state index is -1.28. The number of ether oxygens (including phenoxy) is 1. The highest BCUT2D eigenvalue weighted by molar-refractivity contribution is 5.95. The lowest BCUT2D eigenvalue weighted by atomic mass is 9.76. The maximum absolute atomic E-state index is 11.1.